The van der Waals surface area contributed by atoms with Gasteiger partial charge in [-0.15, -0.1) is 0 Å². The van der Waals surface area contributed by atoms with Crippen molar-refractivity contribution in [3.63, 3.8) is 0 Å². The monoisotopic (exact) mass is 413 g/mol. The zero-order chi connectivity index (χ0) is 20.8. The molecular weight excluding hydrogens is 394 g/mol. The van der Waals surface area contributed by atoms with E-state index in [1.54, 1.807) is 26.4 Å². The predicted octanol–water partition coefficient (Wildman–Crippen LogP) is 3.41. The van der Waals surface area contributed by atoms with Gasteiger partial charge in [0.2, 0.25) is 0 Å². The molecular formula is C20H19N3O5S. The summed E-state index contributed by atoms with van der Waals surface area (Å²) < 4.78 is 13.5. The number of ether oxygens (including phenoxy) is 2. The van der Waals surface area contributed by atoms with Gasteiger partial charge in [-0.1, -0.05) is 29.5 Å². The number of nitro groups is 1. The first-order valence-electron chi connectivity index (χ1n) is 8.70. The molecule has 29 heavy (non-hydrogen) atoms. The fourth-order valence-corrected chi connectivity index (χ4v) is 3.86. The Morgan fingerprint density at radius 3 is 2.79 bits per heavy atom. The molecule has 8 nitrogen and oxygen atoms in total. The van der Waals surface area contributed by atoms with Crippen LogP contribution in [0.25, 0.3) is 16.3 Å². The summed E-state index contributed by atoms with van der Waals surface area (Å²) in [6.45, 7) is 0.965. The first-order chi connectivity index (χ1) is 14.0. The minimum atomic E-state index is -0.479. The average Bonchev–Trinajstić information content (AvgIpc) is 3.07. The lowest BCUT2D eigenvalue weighted by molar-refractivity contribution is -0.384. The quantitative estimate of drug-likeness (QED) is 0.336. The zero-order valence-electron chi connectivity index (χ0n) is 15.9. The summed E-state index contributed by atoms with van der Waals surface area (Å²) in [5.41, 5.74) is 1.37. The normalized spacial score (nSPS) is 12.0. The summed E-state index contributed by atoms with van der Waals surface area (Å²) in [5.74, 6) is 0.226. The fraction of sp³-hybridized carbons (Fsp3) is 0.200. The Bertz CT molecular complexity index is 1150. The number of fused-ring (bicyclic) bond motifs is 1. The van der Waals surface area contributed by atoms with Crippen molar-refractivity contribution < 1.29 is 19.2 Å². The van der Waals surface area contributed by atoms with E-state index in [2.05, 4.69) is 4.99 Å². The Morgan fingerprint density at radius 2 is 2.07 bits per heavy atom. The second-order valence-corrected chi connectivity index (χ2v) is 6.98. The van der Waals surface area contributed by atoms with E-state index in [0.29, 0.717) is 29.3 Å². The van der Waals surface area contributed by atoms with Crippen molar-refractivity contribution >= 4 is 39.2 Å². The summed E-state index contributed by atoms with van der Waals surface area (Å²) in [7, 11) is 3.20. The number of amides is 1. The first-order valence-corrected chi connectivity index (χ1v) is 9.51. The Balaban J connectivity index is 1.97. The van der Waals surface area contributed by atoms with Gasteiger partial charge < -0.3 is 14.0 Å². The van der Waals surface area contributed by atoms with E-state index in [1.807, 2.05) is 22.8 Å². The molecule has 1 aromatic heterocycles. The van der Waals surface area contributed by atoms with Crippen LogP contribution >= 0.6 is 11.3 Å². The van der Waals surface area contributed by atoms with Gasteiger partial charge in [-0.2, -0.15) is 4.99 Å². The van der Waals surface area contributed by atoms with Crippen LogP contribution in [-0.2, 0) is 16.1 Å². The minimum absolute atomic E-state index is 0.0365. The Morgan fingerprint density at radius 1 is 1.28 bits per heavy atom. The van der Waals surface area contributed by atoms with Gasteiger partial charge in [-0.3, -0.25) is 14.9 Å². The highest BCUT2D eigenvalue weighted by Gasteiger charge is 2.12. The average molecular weight is 413 g/mol. The number of nitrogens with zero attached hydrogens (tertiary/aromatic N) is 3. The summed E-state index contributed by atoms with van der Waals surface area (Å²) in [5, 5.41) is 10.9. The van der Waals surface area contributed by atoms with Crippen LogP contribution in [0.4, 0.5) is 5.69 Å². The van der Waals surface area contributed by atoms with Crippen LogP contribution < -0.4 is 9.54 Å². The third kappa shape index (κ3) is 4.76. The summed E-state index contributed by atoms with van der Waals surface area (Å²) in [6, 6.07) is 11.7. The second kappa shape index (κ2) is 9.26. The van der Waals surface area contributed by atoms with E-state index < -0.39 is 10.8 Å². The van der Waals surface area contributed by atoms with Crippen molar-refractivity contribution in [2.24, 2.45) is 4.99 Å². The SMILES string of the molecule is COCCn1c(=NC(=O)C=Cc2cccc([N+](=O)[O-])c2)sc2cccc(OC)c21. The van der Waals surface area contributed by atoms with Gasteiger partial charge in [0, 0.05) is 31.9 Å². The van der Waals surface area contributed by atoms with Crippen LogP contribution in [0, 0.1) is 10.1 Å². The molecule has 3 rings (SSSR count). The van der Waals surface area contributed by atoms with Crippen molar-refractivity contribution in [2.45, 2.75) is 6.54 Å². The minimum Gasteiger partial charge on any atom is -0.495 e. The van der Waals surface area contributed by atoms with Gasteiger partial charge >= 0.3 is 0 Å². The van der Waals surface area contributed by atoms with E-state index >= 15 is 0 Å². The smallest absolute Gasteiger partial charge is 0.272 e. The van der Waals surface area contributed by atoms with Gasteiger partial charge in [0.25, 0.3) is 11.6 Å². The number of methoxy groups -OCH3 is 2. The highest BCUT2D eigenvalue weighted by molar-refractivity contribution is 7.16. The highest BCUT2D eigenvalue weighted by atomic mass is 32.1. The maximum atomic E-state index is 12.4. The number of hydrogen-bond acceptors (Lipinski definition) is 6. The summed E-state index contributed by atoms with van der Waals surface area (Å²) in [6.07, 6.45) is 2.80. The van der Waals surface area contributed by atoms with Gasteiger partial charge in [0.15, 0.2) is 4.80 Å². The molecule has 150 valence electrons. The lowest BCUT2D eigenvalue weighted by Gasteiger charge is -2.07. The van der Waals surface area contributed by atoms with Crippen molar-refractivity contribution in [1.29, 1.82) is 0 Å². The third-order valence-electron chi connectivity index (χ3n) is 4.11. The Hall–Kier alpha value is -3.30. The molecule has 0 fully saturated rings. The molecule has 0 saturated heterocycles. The maximum absolute atomic E-state index is 12.4. The molecule has 0 bridgehead atoms. The van der Waals surface area contributed by atoms with Crippen LogP contribution in [0.1, 0.15) is 5.56 Å². The lowest BCUT2D eigenvalue weighted by Crippen LogP contribution is -2.19. The van der Waals surface area contributed by atoms with Crippen LogP contribution in [0.15, 0.2) is 53.5 Å². The van der Waals surface area contributed by atoms with E-state index in [-0.39, 0.29) is 5.69 Å². The van der Waals surface area contributed by atoms with E-state index in [1.165, 1.54) is 35.6 Å². The number of carbonyl (C=O) groups is 1. The predicted molar refractivity (Wildman–Crippen MR) is 111 cm³/mol. The molecule has 0 aliphatic carbocycles. The van der Waals surface area contributed by atoms with Gasteiger partial charge in [0.05, 0.1) is 23.3 Å². The number of non-ortho nitro benzene ring substituents is 1. The van der Waals surface area contributed by atoms with Crippen LogP contribution in [0.2, 0.25) is 0 Å². The lowest BCUT2D eigenvalue weighted by atomic mass is 10.2. The fourth-order valence-electron chi connectivity index (χ4n) is 2.78. The number of nitro benzene ring substituents is 1. The van der Waals surface area contributed by atoms with Gasteiger partial charge in [-0.25, -0.2) is 0 Å². The molecule has 0 aliphatic rings. The number of rotatable bonds is 7. The van der Waals surface area contributed by atoms with Crippen molar-refractivity contribution in [3.8, 4) is 5.75 Å². The van der Waals surface area contributed by atoms with E-state index in [0.717, 1.165) is 10.2 Å². The largest absolute Gasteiger partial charge is 0.495 e. The number of para-hydroxylation sites is 1. The first kappa shape index (κ1) is 20.4. The molecule has 0 saturated carbocycles. The molecule has 0 spiro atoms. The van der Waals surface area contributed by atoms with E-state index in [4.69, 9.17) is 9.47 Å². The number of thiazole rings is 1. The molecule has 9 heteroatoms. The Kier molecular flexibility index (Phi) is 6.53. The second-order valence-electron chi connectivity index (χ2n) is 5.97. The van der Waals surface area contributed by atoms with Crippen LogP contribution in [-0.4, -0.2) is 36.2 Å². The topological polar surface area (TPSA) is 96.0 Å². The third-order valence-corrected chi connectivity index (χ3v) is 5.15. The summed E-state index contributed by atoms with van der Waals surface area (Å²) in [4.78, 5) is 27.5. The van der Waals surface area contributed by atoms with Gasteiger partial charge in [-0.05, 0) is 23.8 Å². The summed E-state index contributed by atoms with van der Waals surface area (Å²) >= 11 is 1.38. The number of carbonyl (C=O) groups excluding carboxylic acids is 1. The van der Waals surface area contributed by atoms with Crippen molar-refractivity contribution in [1.82, 2.24) is 4.57 Å². The maximum Gasteiger partial charge on any atom is 0.272 e. The van der Waals surface area contributed by atoms with Crippen molar-refractivity contribution in [3.05, 3.63) is 69.0 Å². The molecule has 0 aliphatic heterocycles. The molecule has 0 unspecified atom stereocenters. The van der Waals surface area contributed by atoms with Crippen LogP contribution in [0.3, 0.4) is 0 Å². The molecule has 3 aromatic rings. The molecule has 1 amide bonds. The zero-order valence-corrected chi connectivity index (χ0v) is 16.7. The van der Waals surface area contributed by atoms with Crippen LogP contribution in [0.5, 0.6) is 5.75 Å². The van der Waals surface area contributed by atoms with Gasteiger partial charge in [0.1, 0.15) is 11.3 Å². The Labute approximate surface area is 170 Å². The highest BCUT2D eigenvalue weighted by Crippen LogP contribution is 2.27. The molecule has 0 radical (unpaired) electrons. The molecule has 2 aromatic carbocycles. The number of hydrogen-bond donors (Lipinski definition) is 0. The molecule has 1 heterocycles. The number of aromatic nitrogens is 1. The standard InChI is InChI=1S/C20H19N3O5S/c1-27-12-11-22-19-16(28-2)7-4-8-17(19)29-20(22)21-18(24)10-9-14-5-3-6-15(13-14)23(25)26/h3-10,13H,11-12H2,1-2H3. The number of benzene rings is 2. The van der Waals surface area contributed by atoms with Crippen molar-refractivity contribution in [2.75, 3.05) is 20.8 Å². The molecule has 0 N–H and O–H groups in total. The molecule has 0 atom stereocenters. The van der Waals surface area contributed by atoms with E-state index in [9.17, 15) is 14.9 Å².